The van der Waals surface area contributed by atoms with Gasteiger partial charge in [-0.3, -0.25) is 4.79 Å². The van der Waals surface area contributed by atoms with Crippen molar-refractivity contribution in [3.63, 3.8) is 0 Å². The van der Waals surface area contributed by atoms with Crippen LogP contribution in [0.5, 0.6) is 0 Å². The molecule has 2 aromatic rings. The number of rotatable bonds is 3. The summed E-state index contributed by atoms with van der Waals surface area (Å²) >= 11 is 0. The van der Waals surface area contributed by atoms with E-state index in [-0.39, 0.29) is 12.1 Å². The van der Waals surface area contributed by atoms with E-state index in [4.69, 9.17) is 4.42 Å². The summed E-state index contributed by atoms with van der Waals surface area (Å²) in [5, 5.41) is 2.43. The Morgan fingerprint density at radius 3 is 2.83 bits per heavy atom. The van der Waals surface area contributed by atoms with Crippen molar-refractivity contribution in [2.24, 2.45) is 0 Å². The number of furan rings is 1. The second kappa shape index (κ2) is 4.95. The third-order valence-corrected chi connectivity index (χ3v) is 2.31. The van der Waals surface area contributed by atoms with Crippen LogP contribution < -0.4 is 5.32 Å². The van der Waals surface area contributed by atoms with Crippen LogP contribution in [0.15, 0.2) is 28.8 Å². The lowest BCUT2D eigenvalue weighted by Crippen LogP contribution is -2.24. The molecule has 0 spiro atoms. The highest BCUT2D eigenvalue weighted by Crippen LogP contribution is 2.10. The maximum Gasteiger partial charge on any atom is 0.254 e. The Morgan fingerprint density at radius 1 is 1.39 bits per heavy atom. The van der Waals surface area contributed by atoms with Crippen molar-refractivity contribution in [2.75, 3.05) is 0 Å². The fourth-order valence-corrected chi connectivity index (χ4v) is 1.44. The lowest BCUT2D eigenvalue weighted by atomic mass is 10.2. The average Bonchev–Trinajstić information content (AvgIpc) is 2.76. The molecule has 2 aromatic heterocycles. The van der Waals surface area contributed by atoms with E-state index in [9.17, 15) is 13.6 Å². The van der Waals surface area contributed by atoms with E-state index >= 15 is 0 Å². The number of carbonyl (C=O) groups excluding carboxylic acids is 1. The molecule has 2 heterocycles. The van der Waals surface area contributed by atoms with Gasteiger partial charge in [0.2, 0.25) is 5.95 Å². The molecule has 0 aliphatic carbocycles. The van der Waals surface area contributed by atoms with Gasteiger partial charge in [0, 0.05) is 6.20 Å². The van der Waals surface area contributed by atoms with Crippen molar-refractivity contribution in [1.82, 2.24) is 10.3 Å². The number of pyridine rings is 1. The van der Waals surface area contributed by atoms with Crippen LogP contribution in [0.2, 0.25) is 0 Å². The summed E-state index contributed by atoms with van der Waals surface area (Å²) in [6.07, 6.45) is 1.03. The molecule has 4 nitrogen and oxygen atoms in total. The highest BCUT2D eigenvalue weighted by Gasteiger charge is 2.15. The predicted molar refractivity (Wildman–Crippen MR) is 58.8 cm³/mol. The van der Waals surface area contributed by atoms with Crippen LogP contribution in [0.1, 0.15) is 21.9 Å². The van der Waals surface area contributed by atoms with Crippen molar-refractivity contribution in [3.05, 3.63) is 53.2 Å². The lowest BCUT2D eigenvalue weighted by molar-refractivity contribution is 0.0942. The summed E-state index contributed by atoms with van der Waals surface area (Å²) in [6, 6.07) is 4.55. The van der Waals surface area contributed by atoms with Crippen LogP contribution >= 0.6 is 0 Å². The van der Waals surface area contributed by atoms with E-state index in [1.165, 1.54) is 0 Å². The summed E-state index contributed by atoms with van der Waals surface area (Å²) in [5.74, 6) is -2.03. The number of aryl methyl sites for hydroxylation is 1. The van der Waals surface area contributed by atoms with Crippen LogP contribution in [-0.4, -0.2) is 10.9 Å². The molecule has 0 unspecified atom stereocenters. The van der Waals surface area contributed by atoms with Gasteiger partial charge in [-0.15, -0.1) is 0 Å². The Labute approximate surface area is 102 Å². The Hall–Kier alpha value is -2.24. The molecule has 0 fully saturated rings. The zero-order chi connectivity index (χ0) is 13.1. The van der Waals surface area contributed by atoms with Crippen molar-refractivity contribution in [3.8, 4) is 0 Å². The summed E-state index contributed by atoms with van der Waals surface area (Å²) in [5.41, 5.74) is -0.384. The van der Waals surface area contributed by atoms with Crippen LogP contribution in [0, 0.1) is 18.7 Å². The second-order valence-corrected chi connectivity index (χ2v) is 3.66. The van der Waals surface area contributed by atoms with Gasteiger partial charge in [-0.1, -0.05) is 0 Å². The monoisotopic (exact) mass is 252 g/mol. The molecule has 1 N–H and O–H groups in total. The van der Waals surface area contributed by atoms with Gasteiger partial charge < -0.3 is 9.73 Å². The van der Waals surface area contributed by atoms with Crippen molar-refractivity contribution < 1.29 is 18.0 Å². The summed E-state index contributed by atoms with van der Waals surface area (Å²) in [4.78, 5) is 14.7. The zero-order valence-corrected chi connectivity index (χ0v) is 9.54. The molecule has 0 aromatic carbocycles. The predicted octanol–water partition coefficient (Wildman–Crippen LogP) is 2.19. The minimum Gasteiger partial charge on any atom is -0.465 e. The first-order chi connectivity index (χ1) is 8.58. The first-order valence-electron chi connectivity index (χ1n) is 5.21. The van der Waals surface area contributed by atoms with Crippen LogP contribution in [0.25, 0.3) is 0 Å². The van der Waals surface area contributed by atoms with E-state index in [0.717, 1.165) is 12.3 Å². The highest BCUT2D eigenvalue weighted by molar-refractivity contribution is 5.94. The Balaban J connectivity index is 2.06. The SMILES string of the molecule is Cc1ccc(CNC(=O)c2ccnc(F)c2F)o1. The fraction of sp³-hybridized carbons (Fsp3) is 0.167. The number of hydrogen-bond donors (Lipinski definition) is 1. The topological polar surface area (TPSA) is 55.1 Å². The first kappa shape index (κ1) is 12.2. The zero-order valence-electron chi connectivity index (χ0n) is 9.54. The van der Waals surface area contributed by atoms with Gasteiger partial charge >= 0.3 is 0 Å². The molecule has 0 aliphatic rings. The molecule has 0 aliphatic heterocycles. The summed E-state index contributed by atoms with van der Waals surface area (Å²) < 4.78 is 31.3. The van der Waals surface area contributed by atoms with Crippen LogP contribution in [-0.2, 0) is 6.54 Å². The molecule has 2 rings (SSSR count). The number of nitrogens with one attached hydrogen (secondary N) is 1. The number of aromatic nitrogens is 1. The standard InChI is InChI=1S/C12H10F2N2O2/c1-7-2-3-8(18-7)6-16-12(17)9-4-5-15-11(14)10(9)13/h2-5H,6H2,1H3,(H,16,17). The van der Waals surface area contributed by atoms with Gasteiger partial charge in [-0.2, -0.15) is 4.39 Å². The summed E-state index contributed by atoms with van der Waals surface area (Å²) in [7, 11) is 0. The van der Waals surface area contributed by atoms with Gasteiger partial charge in [-0.05, 0) is 25.1 Å². The van der Waals surface area contributed by atoms with Crippen LogP contribution in [0.4, 0.5) is 8.78 Å². The van der Waals surface area contributed by atoms with E-state index in [2.05, 4.69) is 10.3 Å². The Kier molecular flexibility index (Phi) is 3.36. The van der Waals surface area contributed by atoms with E-state index < -0.39 is 17.7 Å². The maximum atomic E-state index is 13.3. The Bertz CT molecular complexity index is 581. The Morgan fingerprint density at radius 2 is 2.17 bits per heavy atom. The second-order valence-electron chi connectivity index (χ2n) is 3.66. The molecule has 94 valence electrons. The molecule has 0 radical (unpaired) electrons. The van der Waals surface area contributed by atoms with Gasteiger partial charge in [0.15, 0.2) is 5.82 Å². The molecule has 18 heavy (non-hydrogen) atoms. The molecule has 6 heteroatoms. The van der Waals surface area contributed by atoms with E-state index in [0.29, 0.717) is 11.5 Å². The molecule has 0 atom stereocenters. The fourth-order valence-electron chi connectivity index (χ4n) is 1.44. The van der Waals surface area contributed by atoms with Gasteiger partial charge in [0.25, 0.3) is 5.91 Å². The third kappa shape index (κ3) is 2.53. The normalized spacial score (nSPS) is 10.4. The molecule has 0 bridgehead atoms. The first-order valence-corrected chi connectivity index (χ1v) is 5.21. The highest BCUT2D eigenvalue weighted by atomic mass is 19.2. The third-order valence-electron chi connectivity index (χ3n) is 2.31. The molecule has 1 amide bonds. The summed E-state index contributed by atoms with van der Waals surface area (Å²) in [6.45, 7) is 1.87. The van der Waals surface area contributed by atoms with Crippen LogP contribution in [0.3, 0.4) is 0 Å². The van der Waals surface area contributed by atoms with Crippen molar-refractivity contribution in [1.29, 1.82) is 0 Å². The van der Waals surface area contributed by atoms with Gasteiger partial charge in [-0.25, -0.2) is 9.37 Å². The largest absolute Gasteiger partial charge is 0.465 e. The number of carbonyl (C=O) groups is 1. The van der Waals surface area contributed by atoms with E-state index in [1.807, 2.05) is 0 Å². The number of hydrogen-bond acceptors (Lipinski definition) is 3. The van der Waals surface area contributed by atoms with Crippen molar-refractivity contribution >= 4 is 5.91 Å². The molecule has 0 saturated carbocycles. The maximum absolute atomic E-state index is 13.3. The molecular formula is C12H10F2N2O2. The van der Waals surface area contributed by atoms with Crippen molar-refractivity contribution in [2.45, 2.75) is 13.5 Å². The molecule has 0 saturated heterocycles. The average molecular weight is 252 g/mol. The van der Waals surface area contributed by atoms with Gasteiger partial charge in [0.05, 0.1) is 12.1 Å². The molecular weight excluding hydrogens is 242 g/mol. The number of halogens is 2. The lowest BCUT2D eigenvalue weighted by Gasteiger charge is -2.04. The van der Waals surface area contributed by atoms with E-state index in [1.54, 1.807) is 19.1 Å². The van der Waals surface area contributed by atoms with Gasteiger partial charge in [0.1, 0.15) is 11.5 Å². The minimum absolute atomic E-state index is 0.107. The quantitative estimate of drug-likeness (QED) is 0.852. The minimum atomic E-state index is -1.29. The number of nitrogens with zero attached hydrogens (tertiary/aromatic N) is 1. The smallest absolute Gasteiger partial charge is 0.254 e. The number of amides is 1.